The van der Waals surface area contributed by atoms with Crippen molar-refractivity contribution in [3.8, 4) is 11.3 Å². The van der Waals surface area contributed by atoms with E-state index >= 15 is 0 Å². The number of nitrogens with zero attached hydrogens (tertiary/aromatic N) is 4. The van der Waals surface area contributed by atoms with Crippen LogP contribution >= 0.6 is 11.3 Å². The van der Waals surface area contributed by atoms with Gasteiger partial charge in [0.15, 0.2) is 5.13 Å². The Morgan fingerprint density at radius 3 is 2.86 bits per heavy atom. The summed E-state index contributed by atoms with van der Waals surface area (Å²) < 4.78 is 5.14. The van der Waals surface area contributed by atoms with Crippen molar-refractivity contribution < 1.29 is 9.32 Å². The molecule has 0 bridgehead atoms. The lowest BCUT2D eigenvalue weighted by Gasteiger charge is -2.32. The monoisotopic (exact) mass is 397 g/mol. The van der Waals surface area contributed by atoms with E-state index in [-0.39, 0.29) is 11.9 Å². The molecule has 0 spiro atoms. The highest BCUT2D eigenvalue weighted by Gasteiger charge is 2.23. The molecule has 1 amide bonds. The highest BCUT2D eigenvalue weighted by atomic mass is 32.1. The molecule has 1 aliphatic rings. The Labute approximate surface area is 167 Å². The minimum absolute atomic E-state index is 0.0287. The Hall–Kier alpha value is -2.74. The van der Waals surface area contributed by atoms with Crippen molar-refractivity contribution >= 4 is 22.4 Å². The lowest BCUT2D eigenvalue weighted by Crippen LogP contribution is -2.45. The van der Waals surface area contributed by atoms with E-state index in [0.29, 0.717) is 6.42 Å². The predicted molar refractivity (Wildman–Crippen MR) is 108 cm³/mol. The van der Waals surface area contributed by atoms with Gasteiger partial charge in [-0.05, 0) is 38.8 Å². The van der Waals surface area contributed by atoms with E-state index in [9.17, 15) is 4.79 Å². The summed E-state index contributed by atoms with van der Waals surface area (Å²) in [7, 11) is 0. The number of aromatic nitrogens is 3. The second-order valence-corrected chi connectivity index (χ2v) is 7.90. The molecule has 1 N–H and O–H groups in total. The molecule has 28 heavy (non-hydrogen) atoms. The number of rotatable bonds is 5. The molecule has 3 aromatic rings. The molecular formula is C20H23N5O2S. The second kappa shape index (κ2) is 8.10. The second-order valence-electron chi connectivity index (χ2n) is 7.07. The van der Waals surface area contributed by atoms with Crippen molar-refractivity contribution in [2.45, 2.75) is 39.2 Å². The van der Waals surface area contributed by atoms with Crippen LogP contribution in [0.2, 0.25) is 0 Å². The van der Waals surface area contributed by atoms with Gasteiger partial charge < -0.3 is 14.7 Å². The topological polar surface area (TPSA) is 84.2 Å². The molecule has 8 heteroatoms. The van der Waals surface area contributed by atoms with Crippen molar-refractivity contribution in [1.82, 2.24) is 20.4 Å². The number of carbonyl (C=O) groups is 1. The number of pyridine rings is 1. The van der Waals surface area contributed by atoms with Gasteiger partial charge in [-0.1, -0.05) is 5.16 Å². The van der Waals surface area contributed by atoms with Gasteiger partial charge in [-0.15, -0.1) is 11.3 Å². The fraction of sp³-hybridized carbons (Fsp3) is 0.400. The summed E-state index contributed by atoms with van der Waals surface area (Å²) in [4.78, 5) is 23.6. The lowest BCUT2D eigenvalue weighted by molar-refractivity contribution is -0.121. The molecule has 1 fully saturated rings. The minimum atomic E-state index is 0.0287. The Morgan fingerprint density at radius 2 is 2.18 bits per heavy atom. The maximum atomic E-state index is 12.4. The summed E-state index contributed by atoms with van der Waals surface area (Å²) in [5.74, 6) is 0.747. The third-order valence-corrected chi connectivity index (χ3v) is 6.00. The van der Waals surface area contributed by atoms with Crippen LogP contribution in [0.15, 0.2) is 34.4 Å². The van der Waals surface area contributed by atoms with Crippen molar-refractivity contribution in [2.24, 2.45) is 0 Å². The molecule has 0 unspecified atom stereocenters. The molecular weight excluding hydrogens is 374 g/mol. The van der Waals surface area contributed by atoms with Crippen LogP contribution in [0.5, 0.6) is 0 Å². The van der Waals surface area contributed by atoms with Crippen LogP contribution < -0.4 is 10.2 Å². The van der Waals surface area contributed by atoms with E-state index in [0.717, 1.165) is 59.3 Å². The Kier molecular flexibility index (Phi) is 5.38. The fourth-order valence-corrected chi connectivity index (χ4v) is 4.35. The number of thiazole rings is 1. The third kappa shape index (κ3) is 4.06. The molecule has 0 aromatic carbocycles. The van der Waals surface area contributed by atoms with E-state index in [2.05, 4.69) is 25.7 Å². The van der Waals surface area contributed by atoms with E-state index in [1.807, 2.05) is 32.2 Å². The van der Waals surface area contributed by atoms with Crippen LogP contribution in [0.25, 0.3) is 11.3 Å². The number of hydrogen-bond acceptors (Lipinski definition) is 7. The van der Waals surface area contributed by atoms with Gasteiger partial charge in [0.05, 0.1) is 17.8 Å². The summed E-state index contributed by atoms with van der Waals surface area (Å²) in [6.45, 7) is 5.48. The summed E-state index contributed by atoms with van der Waals surface area (Å²) >= 11 is 1.65. The number of anilines is 1. The largest absolute Gasteiger partial charge is 0.361 e. The van der Waals surface area contributed by atoms with Crippen LogP contribution in [0.1, 0.15) is 29.9 Å². The number of hydrogen-bond donors (Lipinski definition) is 1. The first-order valence-electron chi connectivity index (χ1n) is 9.42. The van der Waals surface area contributed by atoms with Gasteiger partial charge in [0.2, 0.25) is 5.91 Å². The van der Waals surface area contributed by atoms with Crippen LogP contribution in [0, 0.1) is 13.8 Å². The zero-order valence-electron chi connectivity index (χ0n) is 16.0. The maximum absolute atomic E-state index is 12.4. The van der Waals surface area contributed by atoms with Crippen LogP contribution in [-0.4, -0.2) is 40.2 Å². The van der Waals surface area contributed by atoms with Gasteiger partial charge in [0, 0.05) is 48.0 Å². The first-order valence-corrected chi connectivity index (χ1v) is 10.3. The quantitative estimate of drug-likeness (QED) is 0.712. The predicted octanol–water partition coefficient (Wildman–Crippen LogP) is 3.14. The average molecular weight is 398 g/mol. The molecule has 146 valence electrons. The maximum Gasteiger partial charge on any atom is 0.224 e. The summed E-state index contributed by atoms with van der Waals surface area (Å²) in [6.07, 6.45) is 5.74. The fourth-order valence-electron chi connectivity index (χ4n) is 3.47. The molecule has 0 radical (unpaired) electrons. The minimum Gasteiger partial charge on any atom is -0.361 e. The zero-order valence-corrected chi connectivity index (χ0v) is 16.8. The Balaban J connectivity index is 1.30. The van der Waals surface area contributed by atoms with Gasteiger partial charge in [-0.2, -0.15) is 0 Å². The molecule has 3 aromatic heterocycles. The number of nitrogens with one attached hydrogen (secondary N) is 1. The molecule has 7 nitrogen and oxygen atoms in total. The number of amides is 1. The smallest absolute Gasteiger partial charge is 0.224 e. The number of piperidine rings is 1. The normalized spacial score (nSPS) is 15.0. The lowest BCUT2D eigenvalue weighted by atomic mass is 10.0. The molecule has 1 aliphatic heterocycles. The van der Waals surface area contributed by atoms with Crippen LogP contribution in [-0.2, 0) is 11.2 Å². The van der Waals surface area contributed by atoms with Crippen LogP contribution in [0.4, 0.5) is 5.13 Å². The molecule has 4 heterocycles. The van der Waals surface area contributed by atoms with Gasteiger partial charge >= 0.3 is 0 Å². The number of aryl methyl sites for hydroxylation is 2. The first-order chi connectivity index (χ1) is 13.6. The highest BCUT2D eigenvalue weighted by molar-refractivity contribution is 7.14. The molecule has 0 aliphatic carbocycles. The number of carbonyl (C=O) groups excluding carboxylic acids is 1. The summed E-state index contributed by atoms with van der Waals surface area (Å²) in [6, 6.07) is 4.14. The van der Waals surface area contributed by atoms with Crippen LogP contribution in [0.3, 0.4) is 0 Å². The summed E-state index contributed by atoms with van der Waals surface area (Å²) in [5.41, 5.74) is 3.67. The summed E-state index contributed by atoms with van der Waals surface area (Å²) in [5, 5.41) is 10.2. The SMILES string of the molecule is Cc1noc(C)c1CC(=O)NC1CCN(c2nc(-c3cccnc3)cs2)CC1. The highest BCUT2D eigenvalue weighted by Crippen LogP contribution is 2.28. The van der Waals surface area contributed by atoms with Gasteiger partial charge in [0.25, 0.3) is 0 Å². The Morgan fingerprint density at radius 1 is 1.36 bits per heavy atom. The van der Waals surface area contributed by atoms with Gasteiger partial charge in [-0.3, -0.25) is 9.78 Å². The van der Waals surface area contributed by atoms with E-state index < -0.39 is 0 Å². The molecule has 0 atom stereocenters. The third-order valence-electron chi connectivity index (χ3n) is 5.10. The molecule has 1 saturated heterocycles. The van der Waals surface area contributed by atoms with Gasteiger partial charge in [0.1, 0.15) is 5.76 Å². The van der Waals surface area contributed by atoms with E-state index in [1.165, 1.54) is 0 Å². The molecule has 4 rings (SSSR count). The zero-order chi connectivity index (χ0) is 19.5. The molecule has 0 saturated carbocycles. The van der Waals surface area contributed by atoms with E-state index in [4.69, 9.17) is 9.51 Å². The van der Waals surface area contributed by atoms with Crippen molar-refractivity contribution in [2.75, 3.05) is 18.0 Å². The Bertz CT molecular complexity index is 925. The average Bonchev–Trinajstić information content (AvgIpc) is 3.32. The van der Waals surface area contributed by atoms with Crippen molar-refractivity contribution in [1.29, 1.82) is 0 Å². The first kappa shape index (κ1) is 18.6. The van der Waals surface area contributed by atoms with Crippen molar-refractivity contribution in [3.05, 3.63) is 46.9 Å². The van der Waals surface area contributed by atoms with Gasteiger partial charge in [-0.25, -0.2) is 4.98 Å². The standard InChI is InChI=1S/C20H23N5O2S/c1-13-17(14(2)27-24-13)10-19(26)22-16-5-8-25(9-6-16)20-23-18(12-28-20)15-4-3-7-21-11-15/h3-4,7,11-12,16H,5-6,8-10H2,1-2H3,(H,22,26). The van der Waals surface area contributed by atoms with E-state index in [1.54, 1.807) is 17.5 Å². The van der Waals surface area contributed by atoms with Crippen molar-refractivity contribution in [3.63, 3.8) is 0 Å².